The second-order valence-electron chi connectivity index (χ2n) is 4.87. The lowest BCUT2D eigenvalue weighted by Crippen LogP contribution is -2.31. The Labute approximate surface area is 96.6 Å². The fourth-order valence-electron chi connectivity index (χ4n) is 1.44. The van der Waals surface area contributed by atoms with Crippen molar-refractivity contribution in [3.8, 4) is 0 Å². The first-order valence-electron chi connectivity index (χ1n) is 5.40. The van der Waals surface area contributed by atoms with E-state index in [2.05, 4.69) is 5.43 Å². The molecule has 0 aliphatic rings. The summed E-state index contributed by atoms with van der Waals surface area (Å²) in [7, 11) is 0. The zero-order valence-electron chi connectivity index (χ0n) is 10.6. The number of carbonyl (C=O) groups excluding carboxylic acids is 1. The molecule has 4 heteroatoms. The SMILES string of the molecule is Cc1ccc(C)n1NCC(=O)OC(C)(C)C. The number of esters is 1. The summed E-state index contributed by atoms with van der Waals surface area (Å²) in [5.74, 6) is -0.250. The maximum absolute atomic E-state index is 11.5. The van der Waals surface area contributed by atoms with Crippen LogP contribution in [-0.2, 0) is 9.53 Å². The number of hydrogen-bond donors (Lipinski definition) is 1. The molecule has 0 bridgehead atoms. The van der Waals surface area contributed by atoms with Gasteiger partial charge in [0.1, 0.15) is 12.1 Å². The van der Waals surface area contributed by atoms with Crippen LogP contribution < -0.4 is 5.43 Å². The molecule has 1 rings (SSSR count). The molecule has 0 unspecified atom stereocenters. The number of ether oxygens (including phenoxy) is 1. The van der Waals surface area contributed by atoms with E-state index in [1.165, 1.54) is 0 Å². The second-order valence-corrected chi connectivity index (χ2v) is 4.87. The summed E-state index contributed by atoms with van der Waals surface area (Å²) in [5, 5.41) is 0. The van der Waals surface area contributed by atoms with E-state index in [1.54, 1.807) is 0 Å². The van der Waals surface area contributed by atoms with E-state index >= 15 is 0 Å². The Morgan fingerprint density at radius 1 is 1.31 bits per heavy atom. The van der Waals surface area contributed by atoms with Gasteiger partial charge in [0.15, 0.2) is 0 Å². The Bertz CT molecular complexity index is 355. The van der Waals surface area contributed by atoms with Crippen molar-refractivity contribution in [2.45, 2.75) is 40.2 Å². The summed E-state index contributed by atoms with van der Waals surface area (Å²) < 4.78 is 7.08. The van der Waals surface area contributed by atoms with E-state index in [0.29, 0.717) is 0 Å². The van der Waals surface area contributed by atoms with Crippen molar-refractivity contribution in [3.05, 3.63) is 23.5 Å². The summed E-state index contributed by atoms with van der Waals surface area (Å²) in [4.78, 5) is 11.5. The normalized spacial score (nSPS) is 11.3. The summed E-state index contributed by atoms with van der Waals surface area (Å²) in [5.41, 5.74) is 4.74. The summed E-state index contributed by atoms with van der Waals surface area (Å²) in [6, 6.07) is 3.99. The third-order valence-electron chi connectivity index (χ3n) is 2.07. The van der Waals surface area contributed by atoms with Crippen LogP contribution in [0.4, 0.5) is 0 Å². The molecular formula is C12H20N2O2. The molecular weight excluding hydrogens is 204 g/mol. The Morgan fingerprint density at radius 3 is 2.25 bits per heavy atom. The number of rotatable bonds is 3. The molecule has 0 amide bonds. The third-order valence-corrected chi connectivity index (χ3v) is 2.07. The fourth-order valence-corrected chi connectivity index (χ4v) is 1.44. The van der Waals surface area contributed by atoms with Crippen LogP contribution in [0.5, 0.6) is 0 Å². The van der Waals surface area contributed by atoms with Crippen molar-refractivity contribution in [1.29, 1.82) is 0 Å². The van der Waals surface area contributed by atoms with E-state index in [4.69, 9.17) is 4.74 Å². The van der Waals surface area contributed by atoms with Crippen LogP contribution in [0.15, 0.2) is 12.1 Å². The van der Waals surface area contributed by atoms with Crippen LogP contribution in [0.2, 0.25) is 0 Å². The molecule has 0 aliphatic carbocycles. The quantitative estimate of drug-likeness (QED) is 0.798. The molecule has 0 atom stereocenters. The largest absolute Gasteiger partial charge is 0.459 e. The van der Waals surface area contributed by atoms with Crippen LogP contribution in [0.1, 0.15) is 32.2 Å². The molecule has 1 N–H and O–H groups in total. The van der Waals surface area contributed by atoms with E-state index in [-0.39, 0.29) is 12.5 Å². The van der Waals surface area contributed by atoms with Crippen LogP contribution >= 0.6 is 0 Å². The van der Waals surface area contributed by atoms with Gasteiger partial charge < -0.3 is 10.2 Å². The Hall–Kier alpha value is -1.45. The van der Waals surface area contributed by atoms with Gasteiger partial charge in [0.05, 0.1) is 0 Å². The van der Waals surface area contributed by atoms with Gasteiger partial charge in [-0.2, -0.15) is 0 Å². The molecule has 0 radical (unpaired) electrons. The van der Waals surface area contributed by atoms with Crippen molar-refractivity contribution in [2.75, 3.05) is 12.0 Å². The molecule has 0 aromatic carbocycles. The van der Waals surface area contributed by atoms with Gasteiger partial charge in [-0.3, -0.25) is 9.47 Å². The predicted octanol–water partition coefficient (Wildman–Crippen LogP) is 1.99. The zero-order valence-corrected chi connectivity index (χ0v) is 10.6. The average Bonchev–Trinajstić information content (AvgIpc) is 2.41. The number of carbonyl (C=O) groups is 1. The number of aryl methyl sites for hydroxylation is 2. The molecule has 1 aromatic heterocycles. The molecule has 1 aromatic rings. The van der Waals surface area contributed by atoms with Crippen LogP contribution in [0.3, 0.4) is 0 Å². The molecule has 16 heavy (non-hydrogen) atoms. The summed E-state index contributed by atoms with van der Waals surface area (Å²) in [6.45, 7) is 9.71. The Morgan fingerprint density at radius 2 is 1.81 bits per heavy atom. The van der Waals surface area contributed by atoms with Crippen LogP contribution in [0.25, 0.3) is 0 Å². The Kier molecular flexibility index (Phi) is 3.62. The van der Waals surface area contributed by atoms with Crippen molar-refractivity contribution < 1.29 is 9.53 Å². The molecule has 0 spiro atoms. The molecule has 0 fully saturated rings. The minimum atomic E-state index is -0.431. The fraction of sp³-hybridized carbons (Fsp3) is 0.583. The first kappa shape index (κ1) is 12.6. The van der Waals surface area contributed by atoms with E-state index in [0.717, 1.165) is 11.4 Å². The molecule has 90 valence electrons. The topological polar surface area (TPSA) is 43.3 Å². The standard InChI is InChI=1S/C12H20N2O2/c1-9-6-7-10(2)14(9)13-8-11(15)16-12(3,4)5/h6-7,13H,8H2,1-5H3. The molecule has 0 saturated heterocycles. The predicted molar refractivity (Wildman–Crippen MR) is 64.0 cm³/mol. The monoisotopic (exact) mass is 224 g/mol. The van der Waals surface area contributed by atoms with Crippen molar-refractivity contribution in [2.24, 2.45) is 0 Å². The lowest BCUT2D eigenvalue weighted by molar-refractivity contribution is -0.152. The van der Waals surface area contributed by atoms with Gasteiger partial charge >= 0.3 is 5.97 Å². The minimum absolute atomic E-state index is 0.174. The minimum Gasteiger partial charge on any atom is -0.459 e. The van der Waals surface area contributed by atoms with E-state index in [9.17, 15) is 4.79 Å². The van der Waals surface area contributed by atoms with Crippen LogP contribution in [0, 0.1) is 13.8 Å². The summed E-state index contributed by atoms with van der Waals surface area (Å²) in [6.07, 6.45) is 0. The maximum Gasteiger partial charge on any atom is 0.327 e. The summed E-state index contributed by atoms with van der Waals surface area (Å²) >= 11 is 0. The second kappa shape index (κ2) is 4.60. The lowest BCUT2D eigenvalue weighted by atomic mass is 10.2. The van der Waals surface area contributed by atoms with Gasteiger partial charge in [-0.15, -0.1) is 0 Å². The highest BCUT2D eigenvalue weighted by Crippen LogP contribution is 2.07. The number of aromatic nitrogens is 1. The zero-order chi connectivity index (χ0) is 12.3. The highest BCUT2D eigenvalue weighted by Gasteiger charge is 2.16. The van der Waals surface area contributed by atoms with Gasteiger partial charge in [0.25, 0.3) is 0 Å². The van der Waals surface area contributed by atoms with Crippen molar-refractivity contribution >= 4 is 5.97 Å². The van der Waals surface area contributed by atoms with Gasteiger partial charge in [-0.25, -0.2) is 0 Å². The van der Waals surface area contributed by atoms with Crippen molar-refractivity contribution in [1.82, 2.24) is 4.68 Å². The molecule has 0 saturated carbocycles. The van der Waals surface area contributed by atoms with E-state index in [1.807, 2.05) is 51.4 Å². The molecule has 0 aliphatic heterocycles. The van der Waals surface area contributed by atoms with Gasteiger partial charge in [-0.05, 0) is 46.8 Å². The number of hydrogen-bond acceptors (Lipinski definition) is 3. The highest BCUT2D eigenvalue weighted by atomic mass is 16.6. The first-order valence-corrected chi connectivity index (χ1v) is 5.40. The average molecular weight is 224 g/mol. The van der Waals surface area contributed by atoms with Gasteiger partial charge in [-0.1, -0.05) is 0 Å². The molecule has 4 nitrogen and oxygen atoms in total. The van der Waals surface area contributed by atoms with Crippen LogP contribution in [-0.4, -0.2) is 22.8 Å². The van der Waals surface area contributed by atoms with Gasteiger partial charge in [0.2, 0.25) is 0 Å². The number of nitrogens with one attached hydrogen (secondary N) is 1. The van der Waals surface area contributed by atoms with Gasteiger partial charge in [0, 0.05) is 11.4 Å². The highest BCUT2D eigenvalue weighted by molar-refractivity contribution is 5.73. The first-order chi connectivity index (χ1) is 7.29. The molecule has 1 heterocycles. The van der Waals surface area contributed by atoms with E-state index < -0.39 is 5.60 Å². The maximum atomic E-state index is 11.5. The third kappa shape index (κ3) is 3.61. The lowest BCUT2D eigenvalue weighted by Gasteiger charge is -2.20. The van der Waals surface area contributed by atoms with Crippen molar-refractivity contribution in [3.63, 3.8) is 0 Å². The number of nitrogens with zero attached hydrogens (tertiary/aromatic N) is 1. The smallest absolute Gasteiger partial charge is 0.327 e. The Balaban J connectivity index is 2.50.